The first-order chi connectivity index (χ1) is 14.7. The summed E-state index contributed by atoms with van der Waals surface area (Å²) in [5.74, 6) is -2.25. The molecule has 8 nitrogen and oxygen atoms in total. The molecule has 0 spiro atoms. The number of anilines is 1. The van der Waals surface area contributed by atoms with Gasteiger partial charge in [-0.25, -0.2) is 17.6 Å². The van der Waals surface area contributed by atoms with Gasteiger partial charge in [0.05, 0.1) is 28.8 Å². The van der Waals surface area contributed by atoms with Crippen molar-refractivity contribution >= 4 is 50.8 Å². The molecule has 0 saturated carbocycles. The maximum Gasteiger partial charge on any atom is 0.338 e. The Labute approximate surface area is 187 Å². The van der Waals surface area contributed by atoms with Gasteiger partial charge in [0.2, 0.25) is 10.0 Å². The molecule has 31 heavy (non-hydrogen) atoms. The van der Waals surface area contributed by atoms with Crippen LogP contribution in [-0.4, -0.2) is 57.5 Å². The minimum atomic E-state index is -3.94. The van der Waals surface area contributed by atoms with E-state index in [1.54, 1.807) is 0 Å². The number of rotatable bonds is 6. The molecule has 166 valence electrons. The number of halogens is 3. The van der Waals surface area contributed by atoms with Gasteiger partial charge in [-0.3, -0.25) is 4.79 Å². The predicted molar refractivity (Wildman–Crippen MR) is 111 cm³/mol. The van der Waals surface area contributed by atoms with E-state index in [0.717, 1.165) is 12.1 Å². The summed E-state index contributed by atoms with van der Waals surface area (Å²) < 4.78 is 50.1. The van der Waals surface area contributed by atoms with E-state index in [4.69, 9.17) is 32.7 Å². The monoisotopic (exact) mass is 490 g/mol. The van der Waals surface area contributed by atoms with Gasteiger partial charge in [0.1, 0.15) is 10.7 Å². The van der Waals surface area contributed by atoms with Gasteiger partial charge in [-0.1, -0.05) is 23.2 Å². The van der Waals surface area contributed by atoms with Crippen molar-refractivity contribution in [2.75, 3.05) is 38.2 Å². The summed E-state index contributed by atoms with van der Waals surface area (Å²) in [5.41, 5.74) is 0.131. The number of sulfonamides is 1. The fourth-order valence-corrected chi connectivity index (χ4v) is 4.83. The van der Waals surface area contributed by atoms with E-state index in [1.807, 2.05) is 0 Å². The van der Waals surface area contributed by atoms with Crippen molar-refractivity contribution in [3.05, 3.63) is 57.8 Å². The third-order valence-electron chi connectivity index (χ3n) is 4.29. The Morgan fingerprint density at radius 3 is 2.48 bits per heavy atom. The highest BCUT2D eigenvalue weighted by Crippen LogP contribution is 2.27. The van der Waals surface area contributed by atoms with Gasteiger partial charge in [0.25, 0.3) is 5.91 Å². The molecule has 1 N–H and O–H groups in total. The van der Waals surface area contributed by atoms with Gasteiger partial charge in [0.15, 0.2) is 6.61 Å². The zero-order chi connectivity index (χ0) is 22.6. The molecule has 0 aliphatic carbocycles. The van der Waals surface area contributed by atoms with Crippen molar-refractivity contribution in [1.29, 1.82) is 0 Å². The van der Waals surface area contributed by atoms with Crippen LogP contribution in [0, 0.1) is 5.82 Å². The third kappa shape index (κ3) is 5.72. The topological polar surface area (TPSA) is 102 Å². The highest BCUT2D eigenvalue weighted by Gasteiger charge is 2.29. The summed E-state index contributed by atoms with van der Waals surface area (Å²) in [7, 11) is -3.94. The Morgan fingerprint density at radius 2 is 1.81 bits per heavy atom. The molecule has 3 rings (SSSR count). The fourth-order valence-electron chi connectivity index (χ4n) is 2.74. The van der Waals surface area contributed by atoms with Crippen molar-refractivity contribution in [2.24, 2.45) is 0 Å². The number of hydrogen-bond donors (Lipinski definition) is 1. The third-order valence-corrected chi connectivity index (χ3v) is 6.96. The number of amides is 1. The summed E-state index contributed by atoms with van der Waals surface area (Å²) in [6, 6.07) is 7.25. The Bertz CT molecular complexity index is 1110. The highest BCUT2D eigenvalue weighted by atomic mass is 35.5. The van der Waals surface area contributed by atoms with E-state index in [9.17, 15) is 22.4 Å². The van der Waals surface area contributed by atoms with Gasteiger partial charge in [0, 0.05) is 18.8 Å². The molecule has 1 aliphatic heterocycles. The average molecular weight is 491 g/mol. The first kappa shape index (κ1) is 23.4. The Morgan fingerprint density at radius 1 is 1.10 bits per heavy atom. The van der Waals surface area contributed by atoms with E-state index in [2.05, 4.69) is 5.32 Å². The van der Waals surface area contributed by atoms with Crippen LogP contribution in [0.15, 0.2) is 41.3 Å². The van der Waals surface area contributed by atoms with Gasteiger partial charge in [-0.2, -0.15) is 4.31 Å². The molecule has 2 aromatic carbocycles. The van der Waals surface area contributed by atoms with Crippen LogP contribution < -0.4 is 5.32 Å². The Hall–Kier alpha value is -2.24. The number of ether oxygens (including phenoxy) is 2. The van der Waals surface area contributed by atoms with Crippen molar-refractivity contribution < 1.29 is 31.9 Å². The highest BCUT2D eigenvalue weighted by molar-refractivity contribution is 7.89. The van der Waals surface area contributed by atoms with Crippen LogP contribution in [-0.2, 0) is 24.3 Å². The molecular weight excluding hydrogens is 474 g/mol. The number of nitrogens with zero attached hydrogens (tertiary/aromatic N) is 1. The van der Waals surface area contributed by atoms with Crippen molar-refractivity contribution in [1.82, 2.24) is 4.31 Å². The maximum atomic E-state index is 13.2. The van der Waals surface area contributed by atoms with Crippen molar-refractivity contribution in [3.63, 3.8) is 0 Å². The molecule has 0 unspecified atom stereocenters. The second-order valence-corrected chi connectivity index (χ2v) is 9.14. The molecule has 1 heterocycles. The molecule has 0 bridgehead atoms. The number of hydrogen-bond acceptors (Lipinski definition) is 6. The summed E-state index contributed by atoms with van der Waals surface area (Å²) >= 11 is 11.7. The van der Waals surface area contributed by atoms with Crippen LogP contribution in [0.3, 0.4) is 0 Å². The van der Waals surface area contributed by atoms with Gasteiger partial charge >= 0.3 is 5.97 Å². The standard InChI is InChI=1S/C19H17Cl2FN2O6S/c20-14-3-1-12(9-17(14)31(27,28)24-5-7-29-8-6-24)19(26)30-11-18(25)23-13-2-4-16(22)15(21)10-13/h1-4,9-10H,5-8,11H2,(H,23,25). The Kier molecular flexibility index (Phi) is 7.50. The average Bonchev–Trinajstić information content (AvgIpc) is 2.75. The van der Waals surface area contributed by atoms with Gasteiger partial charge in [-0.05, 0) is 36.4 Å². The zero-order valence-corrected chi connectivity index (χ0v) is 18.3. The molecule has 1 aliphatic rings. The van der Waals surface area contributed by atoms with E-state index >= 15 is 0 Å². The summed E-state index contributed by atoms with van der Waals surface area (Å²) in [5, 5.41) is 2.18. The smallest absolute Gasteiger partial charge is 0.338 e. The van der Waals surface area contributed by atoms with Crippen LogP contribution in [0.2, 0.25) is 10.0 Å². The number of carbonyl (C=O) groups is 2. The van der Waals surface area contributed by atoms with E-state index in [-0.39, 0.29) is 52.5 Å². The summed E-state index contributed by atoms with van der Waals surface area (Å²) in [6.45, 7) is 0.198. The molecule has 1 saturated heterocycles. The van der Waals surface area contributed by atoms with E-state index in [1.165, 1.54) is 28.6 Å². The molecule has 0 atom stereocenters. The molecule has 12 heteroatoms. The molecule has 2 aromatic rings. The molecular formula is C19H17Cl2FN2O6S. The van der Waals surface area contributed by atoms with Crippen LogP contribution in [0.25, 0.3) is 0 Å². The SMILES string of the molecule is O=C(COC(=O)c1ccc(Cl)c(S(=O)(=O)N2CCOCC2)c1)Nc1ccc(F)c(Cl)c1. The van der Waals surface area contributed by atoms with Crippen LogP contribution in [0.4, 0.5) is 10.1 Å². The lowest BCUT2D eigenvalue weighted by Crippen LogP contribution is -2.40. The second-order valence-electron chi connectivity index (χ2n) is 6.41. The summed E-state index contributed by atoms with van der Waals surface area (Å²) in [6.07, 6.45) is 0. The summed E-state index contributed by atoms with van der Waals surface area (Å²) in [4.78, 5) is 24.1. The van der Waals surface area contributed by atoms with E-state index < -0.39 is 34.3 Å². The number of esters is 1. The first-order valence-corrected chi connectivity index (χ1v) is 11.2. The quantitative estimate of drug-likeness (QED) is 0.624. The molecule has 0 radical (unpaired) electrons. The number of morpholine rings is 1. The zero-order valence-electron chi connectivity index (χ0n) is 15.9. The Balaban J connectivity index is 1.67. The van der Waals surface area contributed by atoms with Crippen molar-refractivity contribution in [2.45, 2.75) is 4.90 Å². The molecule has 1 amide bonds. The normalized spacial score (nSPS) is 14.8. The lowest BCUT2D eigenvalue weighted by molar-refractivity contribution is -0.119. The van der Waals surface area contributed by atoms with Gasteiger partial charge in [-0.15, -0.1) is 0 Å². The van der Waals surface area contributed by atoms with Crippen molar-refractivity contribution in [3.8, 4) is 0 Å². The maximum absolute atomic E-state index is 13.2. The molecule has 0 aromatic heterocycles. The largest absolute Gasteiger partial charge is 0.452 e. The first-order valence-electron chi connectivity index (χ1n) is 8.98. The fraction of sp³-hybridized carbons (Fsp3) is 0.263. The van der Waals surface area contributed by atoms with Crippen LogP contribution >= 0.6 is 23.2 Å². The number of nitrogens with one attached hydrogen (secondary N) is 1. The second kappa shape index (κ2) is 9.92. The van der Waals surface area contributed by atoms with Crippen LogP contribution in [0.1, 0.15) is 10.4 Å². The predicted octanol–water partition coefficient (Wildman–Crippen LogP) is 2.95. The lowest BCUT2D eigenvalue weighted by atomic mass is 10.2. The number of benzene rings is 2. The van der Waals surface area contributed by atoms with Crippen LogP contribution in [0.5, 0.6) is 0 Å². The minimum absolute atomic E-state index is 0.0472. The van der Waals surface area contributed by atoms with Gasteiger partial charge < -0.3 is 14.8 Å². The number of carbonyl (C=O) groups excluding carboxylic acids is 2. The lowest BCUT2D eigenvalue weighted by Gasteiger charge is -2.26. The molecule has 1 fully saturated rings. The minimum Gasteiger partial charge on any atom is -0.452 e. The van der Waals surface area contributed by atoms with E-state index in [0.29, 0.717) is 0 Å².